The number of hydrazone groups is 1. The summed E-state index contributed by atoms with van der Waals surface area (Å²) in [7, 11) is 2.07. The third kappa shape index (κ3) is 3.68. The average Bonchev–Trinajstić information content (AvgIpc) is 3.31. The van der Waals surface area contributed by atoms with Crippen LogP contribution in [0.2, 0.25) is 0 Å². The second kappa shape index (κ2) is 8.32. The number of rotatable bonds is 4. The van der Waals surface area contributed by atoms with Gasteiger partial charge < -0.3 is 4.90 Å². The topological polar surface area (TPSA) is 62.0 Å². The maximum Gasteiger partial charge on any atom is 0.244 e. The summed E-state index contributed by atoms with van der Waals surface area (Å²) in [5.41, 5.74) is 7.10. The van der Waals surface area contributed by atoms with Crippen LogP contribution < -0.4 is 5.43 Å². The Kier molecular flexibility index (Phi) is 5.39. The molecule has 1 aliphatic heterocycles. The number of hydrogen-bond donors (Lipinski definition) is 1. The number of hydrogen-bond acceptors (Lipinski definition) is 5. The minimum Gasteiger partial charge on any atom is -0.306 e. The van der Waals surface area contributed by atoms with Gasteiger partial charge in [0.25, 0.3) is 0 Å². The lowest BCUT2D eigenvalue weighted by Gasteiger charge is -2.28. The molecule has 0 bridgehead atoms. The van der Waals surface area contributed by atoms with E-state index in [0.717, 1.165) is 60.7 Å². The van der Waals surface area contributed by atoms with Crippen molar-refractivity contribution in [2.75, 3.05) is 20.1 Å². The molecule has 1 fully saturated rings. The van der Waals surface area contributed by atoms with Gasteiger partial charge in [-0.2, -0.15) is 5.10 Å². The van der Waals surface area contributed by atoms with Crippen molar-refractivity contribution >= 4 is 28.4 Å². The largest absolute Gasteiger partial charge is 0.306 e. The first-order chi connectivity index (χ1) is 14.7. The molecule has 0 spiro atoms. The Morgan fingerprint density at radius 2 is 2.07 bits per heavy atom. The number of piperidine rings is 1. The van der Waals surface area contributed by atoms with Crippen molar-refractivity contribution in [3.8, 4) is 11.3 Å². The zero-order chi connectivity index (χ0) is 20.5. The van der Waals surface area contributed by atoms with Gasteiger partial charge in [0.1, 0.15) is 0 Å². The number of carbonyl (C=O) groups excluding carboxylic acids is 1. The zero-order valence-corrected chi connectivity index (χ0v) is 18.1. The van der Waals surface area contributed by atoms with Gasteiger partial charge in [-0.05, 0) is 52.1 Å². The quantitative estimate of drug-likeness (QED) is 0.516. The molecule has 6 nitrogen and oxygen atoms in total. The van der Waals surface area contributed by atoms with Crippen LogP contribution in [0.25, 0.3) is 16.2 Å². The SMILES string of the molecule is CN1CCCC(C(=O)N/N=C/c2c(-c3ccccc3)nc3sc4c(n23)CCCC4)C1. The fourth-order valence-electron chi connectivity index (χ4n) is 4.62. The van der Waals surface area contributed by atoms with E-state index in [1.807, 2.05) is 18.2 Å². The molecule has 30 heavy (non-hydrogen) atoms. The van der Waals surface area contributed by atoms with E-state index in [9.17, 15) is 4.79 Å². The highest BCUT2D eigenvalue weighted by Crippen LogP contribution is 2.34. The lowest BCUT2D eigenvalue weighted by Crippen LogP contribution is -2.40. The zero-order valence-electron chi connectivity index (χ0n) is 17.3. The molecule has 7 heteroatoms. The Labute approximate surface area is 180 Å². The van der Waals surface area contributed by atoms with E-state index in [0.29, 0.717) is 0 Å². The Hall–Kier alpha value is -2.51. The van der Waals surface area contributed by atoms with E-state index >= 15 is 0 Å². The van der Waals surface area contributed by atoms with E-state index < -0.39 is 0 Å². The summed E-state index contributed by atoms with van der Waals surface area (Å²) in [6, 6.07) is 10.2. The summed E-state index contributed by atoms with van der Waals surface area (Å²) < 4.78 is 2.26. The second-order valence-electron chi connectivity index (χ2n) is 8.34. The number of aromatic nitrogens is 2. The first-order valence-electron chi connectivity index (χ1n) is 10.8. The van der Waals surface area contributed by atoms with Crippen molar-refractivity contribution in [2.45, 2.75) is 38.5 Å². The Balaban J connectivity index is 1.47. The number of imidazole rings is 1. The van der Waals surface area contributed by atoms with E-state index in [4.69, 9.17) is 4.98 Å². The number of nitrogens with one attached hydrogen (secondary N) is 1. The minimum absolute atomic E-state index is 0.00664. The molecule has 156 valence electrons. The summed E-state index contributed by atoms with van der Waals surface area (Å²) in [5, 5.41) is 4.38. The maximum atomic E-state index is 12.6. The highest BCUT2D eigenvalue weighted by molar-refractivity contribution is 7.17. The van der Waals surface area contributed by atoms with Gasteiger partial charge in [0, 0.05) is 22.7 Å². The first kappa shape index (κ1) is 19.5. The number of carbonyl (C=O) groups is 1. The van der Waals surface area contributed by atoms with E-state index in [-0.39, 0.29) is 11.8 Å². The van der Waals surface area contributed by atoms with Crippen LogP contribution in [-0.2, 0) is 17.6 Å². The van der Waals surface area contributed by atoms with Gasteiger partial charge in [-0.3, -0.25) is 9.20 Å². The molecule has 0 saturated carbocycles. The smallest absolute Gasteiger partial charge is 0.244 e. The fraction of sp³-hybridized carbons (Fsp3) is 0.435. The average molecular weight is 422 g/mol. The second-order valence-corrected chi connectivity index (χ2v) is 9.41. The lowest BCUT2D eigenvalue weighted by atomic mass is 9.98. The van der Waals surface area contributed by atoms with Gasteiger partial charge in [0.2, 0.25) is 5.91 Å². The third-order valence-electron chi connectivity index (χ3n) is 6.16. The van der Waals surface area contributed by atoms with Crippen molar-refractivity contribution in [3.05, 3.63) is 46.6 Å². The van der Waals surface area contributed by atoms with Crippen LogP contribution in [0, 0.1) is 5.92 Å². The van der Waals surface area contributed by atoms with Gasteiger partial charge >= 0.3 is 0 Å². The molecule has 1 N–H and O–H groups in total. The van der Waals surface area contributed by atoms with Crippen molar-refractivity contribution in [1.82, 2.24) is 19.7 Å². The Bertz CT molecular complexity index is 1080. The predicted molar refractivity (Wildman–Crippen MR) is 121 cm³/mol. The summed E-state index contributed by atoms with van der Waals surface area (Å²) in [4.78, 5) is 22.2. The third-order valence-corrected chi connectivity index (χ3v) is 7.30. The molecule has 2 aromatic heterocycles. The van der Waals surface area contributed by atoms with Gasteiger partial charge in [-0.25, -0.2) is 10.4 Å². The number of aryl methyl sites for hydroxylation is 2. The molecule has 1 aliphatic carbocycles. The Morgan fingerprint density at radius 3 is 2.90 bits per heavy atom. The van der Waals surface area contributed by atoms with E-state index in [1.54, 1.807) is 17.6 Å². The van der Waals surface area contributed by atoms with Gasteiger partial charge in [-0.15, -0.1) is 11.3 Å². The van der Waals surface area contributed by atoms with Crippen LogP contribution in [0.1, 0.15) is 41.9 Å². The van der Waals surface area contributed by atoms with Gasteiger partial charge in [0.15, 0.2) is 4.96 Å². The molecule has 3 aromatic rings. The summed E-state index contributed by atoms with van der Waals surface area (Å²) in [6.07, 6.45) is 8.43. The molecule has 5 rings (SSSR count). The van der Waals surface area contributed by atoms with Crippen LogP contribution in [-0.4, -0.2) is 46.5 Å². The summed E-state index contributed by atoms with van der Waals surface area (Å²) in [6.45, 7) is 1.86. The van der Waals surface area contributed by atoms with Crippen molar-refractivity contribution in [2.24, 2.45) is 11.0 Å². The summed E-state index contributed by atoms with van der Waals surface area (Å²) >= 11 is 1.79. The Morgan fingerprint density at radius 1 is 1.23 bits per heavy atom. The number of amides is 1. The molecule has 1 atom stereocenters. The van der Waals surface area contributed by atoms with Crippen molar-refractivity contribution in [1.29, 1.82) is 0 Å². The number of benzene rings is 1. The van der Waals surface area contributed by atoms with Crippen LogP contribution in [0.5, 0.6) is 0 Å². The maximum absolute atomic E-state index is 12.6. The normalized spacial score (nSPS) is 20.0. The molecule has 3 heterocycles. The van der Waals surface area contributed by atoms with Crippen molar-refractivity contribution in [3.63, 3.8) is 0 Å². The molecule has 2 aliphatic rings. The molecular weight excluding hydrogens is 394 g/mol. The molecule has 0 radical (unpaired) electrons. The minimum atomic E-state index is 0.00664. The van der Waals surface area contributed by atoms with Gasteiger partial charge in [-0.1, -0.05) is 30.3 Å². The molecule has 1 unspecified atom stereocenters. The number of fused-ring (bicyclic) bond motifs is 3. The van der Waals surface area contributed by atoms with E-state index in [1.165, 1.54) is 23.4 Å². The lowest BCUT2D eigenvalue weighted by molar-refractivity contribution is -0.126. The number of likely N-dealkylation sites (tertiary alicyclic amines) is 1. The van der Waals surface area contributed by atoms with Crippen LogP contribution in [0.4, 0.5) is 0 Å². The summed E-state index contributed by atoms with van der Waals surface area (Å²) in [5.74, 6) is 0.0148. The van der Waals surface area contributed by atoms with E-state index in [2.05, 4.69) is 39.0 Å². The monoisotopic (exact) mass is 421 g/mol. The number of nitrogens with zero attached hydrogens (tertiary/aromatic N) is 4. The fourth-order valence-corrected chi connectivity index (χ4v) is 5.83. The standard InChI is InChI=1S/C23H27N5OS/c1-27-13-7-10-17(15-27)22(29)26-24-14-19-21(16-8-3-2-4-9-16)25-23-28(19)18-11-5-6-12-20(18)30-23/h2-4,8-9,14,17H,5-7,10-13,15H2,1H3,(H,26,29)/b24-14+. The first-order valence-corrected chi connectivity index (χ1v) is 11.6. The molecule has 1 saturated heterocycles. The van der Waals surface area contributed by atoms with Crippen LogP contribution >= 0.6 is 11.3 Å². The number of thiazole rings is 1. The molecular formula is C23H27N5OS. The highest BCUT2D eigenvalue weighted by atomic mass is 32.1. The molecule has 1 amide bonds. The highest BCUT2D eigenvalue weighted by Gasteiger charge is 2.24. The van der Waals surface area contributed by atoms with Crippen LogP contribution in [0.3, 0.4) is 0 Å². The molecule has 1 aromatic carbocycles. The van der Waals surface area contributed by atoms with Crippen molar-refractivity contribution < 1.29 is 4.79 Å². The predicted octanol–water partition coefficient (Wildman–Crippen LogP) is 3.73. The van der Waals surface area contributed by atoms with Crippen LogP contribution in [0.15, 0.2) is 35.4 Å². The van der Waals surface area contributed by atoms with Gasteiger partial charge in [0.05, 0.1) is 23.5 Å².